The number of rotatable bonds is 5. The van der Waals surface area contributed by atoms with Crippen molar-refractivity contribution in [3.8, 4) is 5.75 Å². The van der Waals surface area contributed by atoms with Gasteiger partial charge in [-0.2, -0.15) is 0 Å². The summed E-state index contributed by atoms with van der Waals surface area (Å²) in [6.07, 6.45) is 6.95. The van der Waals surface area contributed by atoms with Crippen LogP contribution in [0.4, 0.5) is 0 Å². The third-order valence-electron chi connectivity index (χ3n) is 4.26. The first-order chi connectivity index (χ1) is 11.1. The van der Waals surface area contributed by atoms with Crippen molar-refractivity contribution in [2.45, 2.75) is 51.5 Å². The number of nitrogens with zero attached hydrogens (tertiary/aromatic N) is 1. The number of carbonyl (C=O) groups is 1. The van der Waals surface area contributed by atoms with Crippen molar-refractivity contribution in [1.82, 2.24) is 10.2 Å². The molecule has 0 saturated heterocycles. The van der Waals surface area contributed by atoms with E-state index >= 15 is 0 Å². The number of ether oxygens (including phenoxy) is 1. The molecule has 1 N–H and O–H groups in total. The molecule has 0 aliphatic heterocycles. The smallest absolute Gasteiger partial charge is 0.261 e. The largest absolute Gasteiger partial charge is 0.493 e. The number of thiocarbonyl (C=S) groups is 1. The van der Waals surface area contributed by atoms with Crippen LogP contribution in [0, 0.1) is 0 Å². The molecule has 0 aromatic heterocycles. The van der Waals surface area contributed by atoms with E-state index < -0.39 is 0 Å². The third-order valence-corrected chi connectivity index (χ3v) is 4.65. The second-order valence-corrected chi connectivity index (χ2v) is 6.39. The quantitative estimate of drug-likeness (QED) is 0.833. The summed E-state index contributed by atoms with van der Waals surface area (Å²) in [6, 6.07) is 7.72. The summed E-state index contributed by atoms with van der Waals surface area (Å²) in [6.45, 7) is 2.63. The Labute approximate surface area is 144 Å². The first-order valence-corrected chi connectivity index (χ1v) is 8.84. The number of nitrogens with one attached hydrogen (secondary N) is 1. The predicted octanol–water partition coefficient (Wildman–Crippen LogP) is 3.75. The molecule has 1 aliphatic carbocycles. The maximum Gasteiger partial charge on any atom is 0.261 e. The van der Waals surface area contributed by atoms with Gasteiger partial charge in [0.05, 0.1) is 12.2 Å². The molecule has 0 bridgehead atoms. The summed E-state index contributed by atoms with van der Waals surface area (Å²) >= 11 is 5.42. The SMILES string of the molecule is CCCOc1ccccc1C(=O)NC(=S)N(C)C1CCCCC1. The molecule has 1 aliphatic rings. The minimum Gasteiger partial charge on any atom is -0.493 e. The molecule has 0 atom stereocenters. The fraction of sp³-hybridized carbons (Fsp3) is 0.556. The van der Waals surface area contributed by atoms with E-state index in [2.05, 4.69) is 5.32 Å². The van der Waals surface area contributed by atoms with Crippen LogP contribution in [0.5, 0.6) is 5.75 Å². The van der Waals surface area contributed by atoms with Gasteiger partial charge in [0.2, 0.25) is 0 Å². The van der Waals surface area contributed by atoms with Gasteiger partial charge in [0, 0.05) is 13.1 Å². The van der Waals surface area contributed by atoms with Gasteiger partial charge in [0.1, 0.15) is 5.75 Å². The molecule has 23 heavy (non-hydrogen) atoms. The van der Waals surface area contributed by atoms with Crippen LogP contribution in [0.1, 0.15) is 55.8 Å². The summed E-state index contributed by atoms with van der Waals surface area (Å²) < 4.78 is 5.65. The Hall–Kier alpha value is -1.62. The number of hydrogen-bond donors (Lipinski definition) is 1. The number of benzene rings is 1. The lowest BCUT2D eigenvalue weighted by Gasteiger charge is -2.32. The van der Waals surface area contributed by atoms with E-state index in [1.54, 1.807) is 6.07 Å². The molecular weight excluding hydrogens is 308 g/mol. The van der Waals surface area contributed by atoms with Gasteiger partial charge < -0.3 is 9.64 Å². The van der Waals surface area contributed by atoms with Crippen LogP contribution < -0.4 is 10.1 Å². The Bertz CT molecular complexity index is 542. The van der Waals surface area contributed by atoms with Crippen molar-refractivity contribution >= 4 is 23.2 Å². The first-order valence-electron chi connectivity index (χ1n) is 8.43. The van der Waals surface area contributed by atoms with E-state index in [0.29, 0.717) is 29.1 Å². The van der Waals surface area contributed by atoms with Crippen LogP contribution >= 0.6 is 12.2 Å². The lowest BCUT2D eigenvalue weighted by Crippen LogP contribution is -2.46. The molecule has 0 unspecified atom stereocenters. The monoisotopic (exact) mass is 334 g/mol. The highest BCUT2D eigenvalue weighted by Crippen LogP contribution is 2.22. The van der Waals surface area contributed by atoms with Gasteiger partial charge in [-0.3, -0.25) is 10.1 Å². The molecular formula is C18H26N2O2S. The van der Waals surface area contributed by atoms with Gasteiger partial charge in [-0.15, -0.1) is 0 Å². The van der Waals surface area contributed by atoms with E-state index in [0.717, 1.165) is 19.3 Å². The molecule has 126 valence electrons. The van der Waals surface area contributed by atoms with E-state index in [9.17, 15) is 4.79 Å². The minimum absolute atomic E-state index is 0.204. The van der Waals surface area contributed by atoms with E-state index in [-0.39, 0.29) is 5.91 Å². The summed E-state index contributed by atoms with van der Waals surface area (Å²) in [5.41, 5.74) is 0.528. The molecule has 2 rings (SSSR count). The number of para-hydroxylation sites is 1. The number of hydrogen-bond acceptors (Lipinski definition) is 3. The Balaban J connectivity index is 1.99. The fourth-order valence-corrected chi connectivity index (χ4v) is 3.12. The molecule has 1 aromatic carbocycles. The van der Waals surface area contributed by atoms with Gasteiger partial charge >= 0.3 is 0 Å². The van der Waals surface area contributed by atoms with Crippen LogP contribution in [0.15, 0.2) is 24.3 Å². The molecule has 1 amide bonds. The van der Waals surface area contributed by atoms with Gasteiger partial charge in [-0.25, -0.2) is 0 Å². The zero-order chi connectivity index (χ0) is 16.7. The molecule has 5 heteroatoms. The highest BCUT2D eigenvalue weighted by molar-refractivity contribution is 7.80. The lowest BCUT2D eigenvalue weighted by molar-refractivity contribution is 0.0968. The number of amides is 1. The molecule has 0 radical (unpaired) electrons. The van der Waals surface area contributed by atoms with Crippen molar-refractivity contribution in [2.24, 2.45) is 0 Å². The topological polar surface area (TPSA) is 41.6 Å². The van der Waals surface area contributed by atoms with Gasteiger partial charge in [-0.05, 0) is 43.6 Å². The summed E-state index contributed by atoms with van der Waals surface area (Å²) in [5, 5.41) is 3.34. The summed E-state index contributed by atoms with van der Waals surface area (Å²) in [4.78, 5) is 14.6. The molecule has 4 nitrogen and oxygen atoms in total. The van der Waals surface area contributed by atoms with Crippen molar-refractivity contribution in [1.29, 1.82) is 0 Å². The Morgan fingerprint density at radius 3 is 2.70 bits per heavy atom. The van der Waals surface area contributed by atoms with Crippen LogP contribution in [0.2, 0.25) is 0 Å². The third kappa shape index (κ3) is 4.93. The average Bonchev–Trinajstić information content (AvgIpc) is 2.60. The van der Waals surface area contributed by atoms with Crippen molar-refractivity contribution in [3.63, 3.8) is 0 Å². The van der Waals surface area contributed by atoms with E-state index in [1.165, 1.54) is 19.3 Å². The van der Waals surface area contributed by atoms with Crippen LogP contribution in [0.25, 0.3) is 0 Å². The second-order valence-electron chi connectivity index (χ2n) is 6.01. The predicted molar refractivity (Wildman–Crippen MR) is 96.9 cm³/mol. The standard InChI is InChI=1S/C18H26N2O2S/c1-3-13-22-16-12-8-7-11-15(16)17(21)19-18(23)20(2)14-9-5-4-6-10-14/h7-8,11-12,14H,3-6,9-10,13H2,1-2H3,(H,19,21,23). The maximum atomic E-state index is 12.5. The zero-order valence-corrected chi connectivity index (χ0v) is 14.8. The average molecular weight is 334 g/mol. The molecule has 1 aromatic rings. The zero-order valence-electron chi connectivity index (χ0n) is 14.0. The molecule has 1 fully saturated rings. The minimum atomic E-state index is -0.204. The molecule has 0 heterocycles. The first kappa shape index (κ1) is 17.7. The van der Waals surface area contributed by atoms with Crippen molar-refractivity contribution in [2.75, 3.05) is 13.7 Å². The Kier molecular flexibility index (Phi) is 6.84. The fourth-order valence-electron chi connectivity index (χ4n) is 2.88. The normalized spacial score (nSPS) is 15.0. The Morgan fingerprint density at radius 2 is 2.00 bits per heavy atom. The number of carbonyl (C=O) groups excluding carboxylic acids is 1. The molecule has 1 saturated carbocycles. The van der Waals surface area contributed by atoms with E-state index in [4.69, 9.17) is 17.0 Å². The van der Waals surface area contributed by atoms with Gasteiger partial charge in [0.25, 0.3) is 5.91 Å². The summed E-state index contributed by atoms with van der Waals surface area (Å²) in [5.74, 6) is 0.402. The van der Waals surface area contributed by atoms with Crippen molar-refractivity contribution < 1.29 is 9.53 Å². The van der Waals surface area contributed by atoms with Crippen LogP contribution in [0.3, 0.4) is 0 Å². The lowest BCUT2D eigenvalue weighted by atomic mass is 9.95. The highest BCUT2D eigenvalue weighted by atomic mass is 32.1. The van der Waals surface area contributed by atoms with Crippen molar-refractivity contribution in [3.05, 3.63) is 29.8 Å². The van der Waals surface area contributed by atoms with E-state index in [1.807, 2.05) is 37.1 Å². The van der Waals surface area contributed by atoms with Gasteiger partial charge in [-0.1, -0.05) is 38.3 Å². The Morgan fingerprint density at radius 1 is 1.30 bits per heavy atom. The molecule has 0 spiro atoms. The van der Waals surface area contributed by atoms with Crippen LogP contribution in [-0.2, 0) is 0 Å². The van der Waals surface area contributed by atoms with Crippen LogP contribution in [-0.4, -0.2) is 35.6 Å². The summed E-state index contributed by atoms with van der Waals surface area (Å²) in [7, 11) is 1.97. The maximum absolute atomic E-state index is 12.5. The van der Waals surface area contributed by atoms with Gasteiger partial charge in [0.15, 0.2) is 5.11 Å². The highest BCUT2D eigenvalue weighted by Gasteiger charge is 2.22. The second kappa shape index (κ2) is 8.87.